The van der Waals surface area contributed by atoms with Gasteiger partial charge in [0.05, 0.1) is 83.7 Å². The number of anilines is 10. The van der Waals surface area contributed by atoms with Crippen LogP contribution in [0.25, 0.3) is 12.2 Å². The van der Waals surface area contributed by atoms with Gasteiger partial charge in [-0.1, -0.05) is 24.3 Å². The van der Waals surface area contributed by atoms with E-state index in [0.29, 0.717) is 36.1 Å². The molecule has 0 bridgehead atoms. The fourth-order valence-electron chi connectivity index (χ4n) is 6.55. The second-order valence-corrected chi connectivity index (χ2v) is 20.1. The maximum atomic E-state index is 12.8. The SMILES string of the molecule is O=S([O-])c1ccc(SOO[O-])c(Nc2nc(Nc3ccc(C=Cc4ccc(Nc5nc(Nc6cc(SOO[O-])ccc6S(=O)[O-])nc(N(CCO)CCO)n5)cc4S(=O)(=O)[O-])c(SOO[O-])c3)nc(N(CCO)CCO)n2)c1.[Na+].[Na+].[Na+].[Na+].[Na+].[Na+]. The molecule has 0 aliphatic rings. The second-order valence-electron chi connectivity index (χ2n) is 14.7. The molecule has 0 aliphatic carbocycles. The number of aliphatic hydroxyl groups excluding tert-OH is 4. The van der Waals surface area contributed by atoms with Gasteiger partial charge in [0, 0.05) is 57.1 Å². The maximum Gasteiger partial charge on any atom is 1.00 e. The molecule has 2 aromatic heterocycles. The van der Waals surface area contributed by atoms with Crippen LogP contribution in [0.3, 0.4) is 0 Å². The standard InChI is InChI=1S/C40H44N12O20S6.6Na/c53-15-11-51(12-16-54)39-47-35(45-37(49-39)43-29-22-28(76(60)61)8-9-31(29)74-71-68-58)41-25-5-3-23(32(19-25)75-72-69-59)1-2-24-4-6-26(20-34(24)78(64,65)66)42-36-46-38(50-40(48-36)52(13-17-55)14-18-56)44-30-21-27(73-70-67-57)7-10-33(30)77(62)63;;;;;;/h1-10,19-22,53-59H,11-18H2,(H,60,61)(H,62,63)(H,64,65,66)(H2,41,43,45,47,49)(H2,42,44,46,48,50);;;;;;/q;6*+1/p-6. The third kappa shape index (κ3) is 26.4. The van der Waals surface area contributed by atoms with Gasteiger partial charge in [-0.3, -0.25) is 23.5 Å². The van der Waals surface area contributed by atoms with Crippen LogP contribution in [0.2, 0.25) is 0 Å². The molecule has 6 aromatic rings. The molecule has 2 heterocycles. The third-order valence-corrected chi connectivity index (χ3v) is 13.9. The largest absolute Gasteiger partial charge is 1.00 e. The van der Waals surface area contributed by atoms with Crippen LogP contribution in [0.1, 0.15) is 11.1 Å². The Balaban J connectivity index is 0.0000115. The van der Waals surface area contributed by atoms with E-state index in [0.717, 1.165) is 6.07 Å². The summed E-state index contributed by atoms with van der Waals surface area (Å²) < 4.78 is 99.6. The first-order valence-electron chi connectivity index (χ1n) is 21.4. The first-order valence-corrected chi connectivity index (χ1v) is 27.2. The fraction of sp³-hybridized carbons (Fsp3) is 0.200. The van der Waals surface area contributed by atoms with Gasteiger partial charge < -0.3 is 80.9 Å². The Morgan fingerprint density at radius 1 is 0.524 bits per heavy atom. The van der Waals surface area contributed by atoms with Crippen LogP contribution in [0.4, 0.5) is 58.4 Å². The van der Waals surface area contributed by atoms with Crippen molar-refractivity contribution < 1.29 is 272 Å². The smallest absolute Gasteiger partial charge is 0.768 e. The van der Waals surface area contributed by atoms with Crippen molar-refractivity contribution in [3.63, 3.8) is 0 Å². The molecule has 0 aliphatic heterocycles. The Bertz CT molecular complexity index is 3200. The van der Waals surface area contributed by atoms with Crippen molar-refractivity contribution in [1.29, 1.82) is 0 Å². The Morgan fingerprint density at radius 3 is 1.45 bits per heavy atom. The summed E-state index contributed by atoms with van der Waals surface area (Å²) in [7, 11) is -5.26. The first-order chi connectivity index (χ1) is 37.6. The predicted molar refractivity (Wildman–Crippen MR) is 267 cm³/mol. The monoisotopic (exact) mass is 1340 g/mol. The number of nitrogens with one attached hydrogen (secondary N) is 4. The van der Waals surface area contributed by atoms with Crippen molar-refractivity contribution in [1.82, 2.24) is 29.9 Å². The minimum absolute atomic E-state index is 0. The molecule has 0 saturated carbocycles. The van der Waals surface area contributed by atoms with Gasteiger partial charge in [-0.05, 0) is 94.0 Å². The summed E-state index contributed by atoms with van der Waals surface area (Å²) in [6.45, 7) is -1.95. The van der Waals surface area contributed by atoms with E-state index in [4.69, 9.17) is 0 Å². The Morgan fingerprint density at radius 2 is 0.976 bits per heavy atom. The van der Waals surface area contributed by atoms with E-state index in [2.05, 4.69) is 79.3 Å². The molecule has 2 atom stereocenters. The van der Waals surface area contributed by atoms with Gasteiger partial charge >= 0.3 is 177 Å². The third-order valence-electron chi connectivity index (χ3n) is 9.77. The van der Waals surface area contributed by atoms with Crippen molar-refractivity contribution in [3.05, 3.63) is 83.9 Å². The number of aliphatic hydroxyl groups is 4. The van der Waals surface area contributed by atoms with Gasteiger partial charge in [0.2, 0.25) is 35.7 Å². The minimum Gasteiger partial charge on any atom is -0.768 e. The van der Waals surface area contributed by atoms with Crippen LogP contribution in [-0.2, 0) is 60.4 Å². The van der Waals surface area contributed by atoms with Gasteiger partial charge in [0.1, 0.15) is 10.1 Å². The Hall–Kier alpha value is 0.1000. The number of benzene rings is 4. The van der Waals surface area contributed by atoms with E-state index in [1.807, 2.05) is 0 Å². The molecule has 0 fully saturated rings. The van der Waals surface area contributed by atoms with Crippen molar-refractivity contribution in [2.75, 3.05) is 83.7 Å². The van der Waals surface area contributed by atoms with Crippen LogP contribution in [0, 0.1) is 0 Å². The first kappa shape index (κ1) is 84.1. The minimum atomic E-state index is -5.26. The molecule has 32 nitrogen and oxygen atoms in total. The van der Waals surface area contributed by atoms with Crippen molar-refractivity contribution >= 4 is 139 Å². The van der Waals surface area contributed by atoms with Crippen molar-refractivity contribution in [2.24, 2.45) is 0 Å². The zero-order valence-electron chi connectivity index (χ0n) is 45.1. The van der Waals surface area contributed by atoms with Crippen LogP contribution in [0.15, 0.2) is 102 Å². The van der Waals surface area contributed by atoms with Crippen LogP contribution >= 0.6 is 36.1 Å². The average Bonchev–Trinajstić information content (AvgIpc) is 3.54. The summed E-state index contributed by atoms with van der Waals surface area (Å²) in [6.07, 6.45) is 2.62. The summed E-state index contributed by atoms with van der Waals surface area (Å²) >= 11 is -4.21. The van der Waals surface area contributed by atoms with Gasteiger partial charge in [0.25, 0.3) is 0 Å². The van der Waals surface area contributed by atoms with Gasteiger partial charge in [-0.25, -0.2) is 8.42 Å². The fourth-order valence-corrected chi connectivity index (χ4v) is 9.44. The predicted octanol–water partition coefficient (Wildman–Crippen LogP) is -18.1. The molecule has 6 rings (SSSR count). The molecule has 420 valence electrons. The van der Waals surface area contributed by atoms with E-state index in [1.54, 1.807) is 0 Å². The maximum absolute atomic E-state index is 12.8. The number of nitrogens with zero attached hydrogens (tertiary/aromatic N) is 8. The number of rotatable bonds is 32. The Labute approximate surface area is 628 Å². The zero-order valence-corrected chi connectivity index (χ0v) is 62.0. The molecule has 0 radical (unpaired) electrons. The van der Waals surface area contributed by atoms with Crippen molar-refractivity contribution in [2.45, 2.75) is 29.4 Å². The molecule has 8 N–H and O–H groups in total. The van der Waals surface area contributed by atoms with Crippen LogP contribution in [0.5, 0.6) is 0 Å². The molecule has 84 heavy (non-hydrogen) atoms. The van der Waals surface area contributed by atoms with Crippen molar-refractivity contribution in [3.8, 4) is 0 Å². The average molecular weight is 1340 g/mol. The summed E-state index contributed by atoms with van der Waals surface area (Å²) in [5.74, 6) is -1.27. The van der Waals surface area contributed by atoms with E-state index >= 15 is 0 Å². The molecule has 0 saturated heterocycles. The van der Waals surface area contributed by atoms with Crippen LogP contribution in [-0.4, -0.2) is 133 Å². The molecule has 2 unspecified atom stereocenters. The number of hydrogen-bond donors (Lipinski definition) is 8. The zero-order chi connectivity index (χ0) is 56.2. The summed E-state index contributed by atoms with van der Waals surface area (Å²) in [6, 6.07) is 15.4. The quantitative estimate of drug-likeness (QED) is 0.00370. The van der Waals surface area contributed by atoms with Gasteiger partial charge in [-0.15, -0.1) is 0 Å². The summed E-state index contributed by atoms with van der Waals surface area (Å²) in [5, 5.41) is 92.7. The Kier molecular flexibility index (Phi) is 43.8. The topological polar surface area (TPSA) is 475 Å². The van der Waals surface area contributed by atoms with E-state index < -0.39 is 63.6 Å². The van der Waals surface area contributed by atoms with Crippen LogP contribution < -0.4 is 224 Å². The van der Waals surface area contributed by atoms with Gasteiger partial charge in [0.15, 0.2) is 0 Å². The van der Waals surface area contributed by atoms with E-state index in [-0.39, 0.29) is 298 Å². The molecule has 0 spiro atoms. The molecule has 4 aromatic carbocycles. The molecule has 0 amide bonds. The van der Waals surface area contributed by atoms with E-state index in [9.17, 15) is 66.7 Å². The number of aromatic nitrogens is 6. The second kappa shape index (κ2) is 43.8. The van der Waals surface area contributed by atoms with Gasteiger partial charge in [-0.2, -0.15) is 42.9 Å². The van der Waals surface area contributed by atoms with E-state index in [1.165, 1.54) is 88.7 Å². The molecule has 44 heteroatoms. The summed E-state index contributed by atoms with van der Waals surface area (Å²) in [5.41, 5.74) is 0.186. The molecular formula is C40H38N12Na6O20S6. The normalized spacial score (nSPS) is 11.5. The number of hydrogen-bond acceptors (Lipinski definition) is 35. The molecular weight excluding hydrogens is 1300 g/mol. The summed E-state index contributed by atoms with van der Waals surface area (Å²) in [4.78, 5) is 28.0.